The van der Waals surface area contributed by atoms with Gasteiger partial charge >= 0.3 is 0 Å². The zero-order chi connectivity index (χ0) is 17.0. The molecule has 0 aliphatic rings. The van der Waals surface area contributed by atoms with Crippen LogP contribution in [0.15, 0.2) is 78.9 Å². The Kier molecular flexibility index (Phi) is 4.71. The van der Waals surface area contributed by atoms with Crippen LogP contribution in [0.1, 0.15) is 36.1 Å². The second-order valence-corrected chi connectivity index (χ2v) is 6.72. The van der Waals surface area contributed by atoms with Crippen molar-refractivity contribution in [1.29, 1.82) is 0 Å². The molecule has 1 nitrogen and oxygen atoms in total. The minimum atomic E-state index is 0.00968. The summed E-state index contributed by atoms with van der Waals surface area (Å²) in [6.07, 6.45) is 0.920. The molecule has 0 aliphatic carbocycles. The molecule has 0 saturated heterocycles. The van der Waals surface area contributed by atoms with E-state index >= 15 is 0 Å². The van der Waals surface area contributed by atoms with Crippen LogP contribution in [0.4, 0.5) is 0 Å². The van der Waals surface area contributed by atoms with Gasteiger partial charge in [0.25, 0.3) is 0 Å². The summed E-state index contributed by atoms with van der Waals surface area (Å²) in [5, 5.41) is 0. The molecule has 122 valence electrons. The third kappa shape index (κ3) is 3.51. The van der Waals surface area contributed by atoms with Gasteiger partial charge in [-0.05, 0) is 40.8 Å². The van der Waals surface area contributed by atoms with E-state index in [9.17, 15) is 0 Å². The molecule has 24 heavy (non-hydrogen) atoms. The molecule has 0 fully saturated rings. The van der Waals surface area contributed by atoms with Crippen LogP contribution in [0.25, 0.3) is 0 Å². The van der Waals surface area contributed by atoms with E-state index in [1.807, 2.05) is 12.1 Å². The van der Waals surface area contributed by atoms with Gasteiger partial charge in [-0.1, -0.05) is 80.6 Å². The van der Waals surface area contributed by atoms with E-state index in [0.29, 0.717) is 0 Å². The lowest BCUT2D eigenvalue weighted by molar-refractivity contribution is 0.414. The Labute approximate surface area is 144 Å². The standard InChI is InChI=1S/C23H24O/c1-23(2,20-9-5-4-6-10-20)21-14-12-18(13-15-21)16-19-8-7-11-22(17-19)24-3/h4-15,17H,16H2,1-3H3. The first-order valence-corrected chi connectivity index (χ1v) is 8.37. The molecule has 0 bridgehead atoms. The summed E-state index contributed by atoms with van der Waals surface area (Å²) in [7, 11) is 1.71. The van der Waals surface area contributed by atoms with E-state index in [1.54, 1.807) is 7.11 Å². The topological polar surface area (TPSA) is 9.23 Å². The first-order valence-electron chi connectivity index (χ1n) is 8.37. The Morgan fingerprint density at radius 2 is 1.38 bits per heavy atom. The van der Waals surface area contributed by atoms with Gasteiger partial charge in [0.05, 0.1) is 7.11 Å². The van der Waals surface area contributed by atoms with Crippen molar-refractivity contribution in [2.75, 3.05) is 7.11 Å². The number of hydrogen-bond acceptors (Lipinski definition) is 1. The van der Waals surface area contributed by atoms with Crippen molar-refractivity contribution in [3.63, 3.8) is 0 Å². The van der Waals surface area contributed by atoms with Gasteiger partial charge in [-0.3, -0.25) is 0 Å². The third-order valence-electron chi connectivity index (χ3n) is 4.71. The van der Waals surface area contributed by atoms with E-state index in [2.05, 4.69) is 80.6 Å². The number of hydrogen-bond donors (Lipinski definition) is 0. The second kappa shape index (κ2) is 6.92. The van der Waals surface area contributed by atoms with E-state index < -0.39 is 0 Å². The Bertz CT molecular complexity index is 786. The fraction of sp³-hybridized carbons (Fsp3) is 0.217. The Morgan fingerprint density at radius 3 is 2.04 bits per heavy atom. The Morgan fingerprint density at radius 1 is 0.708 bits per heavy atom. The van der Waals surface area contributed by atoms with Crippen LogP contribution in [0.5, 0.6) is 5.75 Å². The maximum atomic E-state index is 5.31. The van der Waals surface area contributed by atoms with Gasteiger partial charge in [0.1, 0.15) is 5.75 Å². The molecule has 3 rings (SSSR count). The summed E-state index contributed by atoms with van der Waals surface area (Å²) in [5.74, 6) is 0.911. The van der Waals surface area contributed by atoms with Crippen molar-refractivity contribution >= 4 is 0 Å². The highest BCUT2D eigenvalue weighted by molar-refractivity contribution is 5.40. The minimum absolute atomic E-state index is 0.00968. The number of ether oxygens (including phenoxy) is 1. The van der Waals surface area contributed by atoms with Crippen molar-refractivity contribution in [1.82, 2.24) is 0 Å². The third-order valence-corrected chi connectivity index (χ3v) is 4.71. The van der Waals surface area contributed by atoms with Crippen molar-refractivity contribution in [2.24, 2.45) is 0 Å². The molecule has 0 atom stereocenters. The quantitative estimate of drug-likeness (QED) is 0.594. The highest BCUT2D eigenvalue weighted by atomic mass is 16.5. The lowest BCUT2D eigenvalue weighted by Gasteiger charge is -2.26. The summed E-state index contributed by atoms with van der Waals surface area (Å²) in [4.78, 5) is 0. The molecular formula is C23H24O. The molecular weight excluding hydrogens is 292 g/mol. The summed E-state index contributed by atoms with van der Waals surface area (Å²) >= 11 is 0. The molecule has 0 saturated carbocycles. The SMILES string of the molecule is COc1cccc(Cc2ccc(C(C)(C)c3ccccc3)cc2)c1. The van der Waals surface area contributed by atoms with E-state index in [1.165, 1.54) is 22.3 Å². The molecule has 0 heterocycles. The zero-order valence-corrected chi connectivity index (χ0v) is 14.6. The highest BCUT2D eigenvalue weighted by Crippen LogP contribution is 2.31. The first kappa shape index (κ1) is 16.3. The van der Waals surface area contributed by atoms with Crippen molar-refractivity contribution in [3.8, 4) is 5.75 Å². The summed E-state index contributed by atoms with van der Waals surface area (Å²) in [6.45, 7) is 4.55. The van der Waals surface area contributed by atoms with Gasteiger partial charge < -0.3 is 4.74 Å². The van der Waals surface area contributed by atoms with Gasteiger partial charge in [-0.25, -0.2) is 0 Å². The van der Waals surface area contributed by atoms with Gasteiger partial charge in [0.15, 0.2) is 0 Å². The van der Waals surface area contributed by atoms with E-state index in [-0.39, 0.29) is 5.41 Å². The lowest BCUT2D eigenvalue weighted by atomic mass is 9.78. The Hall–Kier alpha value is -2.54. The van der Waals surface area contributed by atoms with Crippen LogP contribution in [-0.4, -0.2) is 7.11 Å². The van der Waals surface area contributed by atoms with Crippen LogP contribution < -0.4 is 4.74 Å². The molecule has 0 amide bonds. The molecule has 0 aliphatic heterocycles. The fourth-order valence-electron chi connectivity index (χ4n) is 3.08. The van der Waals surface area contributed by atoms with Gasteiger partial charge in [-0.2, -0.15) is 0 Å². The highest BCUT2D eigenvalue weighted by Gasteiger charge is 2.22. The molecule has 1 heteroatoms. The monoisotopic (exact) mass is 316 g/mol. The zero-order valence-electron chi connectivity index (χ0n) is 14.6. The van der Waals surface area contributed by atoms with E-state index in [4.69, 9.17) is 4.74 Å². The summed E-state index contributed by atoms with van der Waals surface area (Å²) in [5.41, 5.74) is 5.27. The van der Waals surface area contributed by atoms with E-state index in [0.717, 1.165) is 12.2 Å². The summed E-state index contributed by atoms with van der Waals surface area (Å²) < 4.78 is 5.31. The molecule has 3 aromatic rings. The lowest BCUT2D eigenvalue weighted by Crippen LogP contribution is -2.18. The average Bonchev–Trinajstić information content (AvgIpc) is 2.63. The number of methoxy groups -OCH3 is 1. The number of rotatable bonds is 5. The van der Waals surface area contributed by atoms with Crippen LogP contribution >= 0.6 is 0 Å². The number of benzene rings is 3. The van der Waals surface area contributed by atoms with Crippen LogP contribution in [0.3, 0.4) is 0 Å². The van der Waals surface area contributed by atoms with Crippen LogP contribution in [0.2, 0.25) is 0 Å². The molecule has 0 N–H and O–H groups in total. The largest absolute Gasteiger partial charge is 0.497 e. The van der Waals surface area contributed by atoms with Crippen molar-refractivity contribution in [2.45, 2.75) is 25.7 Å². The van der Waals surface area contributed by atoms with Crippen molar-refractivity contribution in [3.05, 3.63) is 101 Å². The first-order chi connectivity index (χ1) is 11.6. The predicted octanol–water partition coefficient (Wildman–Crippen LogP) is 5.61. The van der Waals surface area contributed by atoms with Crippen LogP contribution in [0, 0.1) is 0 Å². The van der Waals surface area contributed by atoms with Gasteiger partial charge in [0.2, 0.25) is 0 Å². The van der Waals surface area contributed by atoms with Crippen molar-refractivity contribution < 1.29 is 4.74 Å². The van der Waals surface area contributed by atoms with Gasteiger partial charge in [0, 0.05) is 5.41 Å². The summed E-state index contributed by atoms with van der Waals surface area (Å²) in [6, 6.07) is 27.9. The maximum absolute atomic E-state index is 5.31. The predicted molar refractivity (Wildman–Crippen MR) is 101 cm³/mol. The Balaban J connectivity index is 1.80. The second-order valence-electron chi connectivity index (χ2n) is 6.72. The minimum Gasteiger partial charge on any atom is -0.497 e. The molecule has 0 unspecified atom stereocenters. The van der Waals surface area contributed by atoms with Gasteiger partial charge in [-0.15, -0.1) is 0 Å². The molecule has 0 spiro atoms. The van der Waals surface area contributed by atoms with Crippen LogP contribution in [-0.2, 0) is 11.8 Å². The molecule has 0 radical (unpaired) electrons. The average molecular weight is 316 g/mol. The fourth-order valence-corrected chi connectivity index (χ4v) is 3.08. The smallest absolute Gasteiger partial charge is 0.119 e. The molecule has 3 aromatic carbocycles. The maximum Gasteiger partial charge on any atom is 0.119 e. The normalized spacial score (nSPS) is 11.3. The molecule has 0 aromatic heterocycles.